The molecule has 4 aliphatic rings. The van der Waals surface area contributed by atoms with E-state index >= 15 is 0 Å². The van der Waals surface area contributed by atoms with Crippen LogP contribution < -0.4 is 0 Å². The van der Waals surface area contributed by atoms with Gasteiger partial charge < -0.3 is 4.74 Å². The number of hydrogen-bond acceptors (Lipinski definition) is 3. The molecule has 0 aromatic carbocycles. The Labute approximate surface area is 232 Å². The molecule has 0 radical (unpaired) electrons. The zero-order valence-electron chi connectivity index (χ0n) is 25.0. The van der Waals surface area contributed by atoms with Crippen LogP contribution in [0.25, 0.3) is 0 Å². The van der Waals surface area contributed by atoms with E-state index in [9.17, 15) is 4.79 Å². The highest BCUT2D eigenvalue weighted by Gasteiger charge is 2.59. The second-order valence-corrected chi connectivity index (χ2v) is 14.6. The number of rotatable bonds is 8. The Bertz CT molecular complexity index is 1000. The molecule has 3 nitrogen and oxygen atoms in total. The highest BCUT2D eigenvalue weighted by molar-refractivity contribution is 5.89. The molecule has 0 N–H and O–H groups in total. The topological polar surface area (TPSA) is 39.2 Å². The summed E-state index contributed by atoms with van der Waals surface area (Å²) < 4.78 is 5.98. The Morgan fingerprint density at radius 2 is 1.89 bits per heavy atom. The predicted octanol–water partition coefficient (Wildman–Crippen LogP) is 9.28. The molecule has 0 aliphatic heterocycles. The van der Waals surface area contributed by atoms with Crippen molar-refractivity contribution >= 4 is 5.97 Å². The van der Waals surface area contributed by atoms with E-state index in [1.165, 1.54) is 51.4 Å². The third-order valence-corrected chi connectivity index (χ3v) is 12.1. The molecule has 9 atom stereocenters. The van der Waals surface area contributed by atoms with Crippen molar-refractivity contribution in [2.75, 3.05) is 0 Å². The summed E-state index contributed by atoms with van der Waals surface area (Å²) in [6.45, 7) is 15.1. The minimum absolute atomic E-state index is 0.00139. The molecule has 3 fully saturated rings. The van der Waals surface area contributed by atoms with Gasteiger partial charge in [-0.05, 0) is 122 Å². The van der Waals surface area contributed by atoms with Crippen molar-refractivity contribution < 1.29 is 9.53 Å². The van der Waals surface area contributed by atoms with Gasteiger partial charge in [-0.15, -0.1) is 0 Å². The van der Waals surface area contributed by atoms with Crippen LogP contribution in [0.1, 0.15) is 123 Å². The van der Waals surface area contributed by atoms with Gasteiger partial charge in [-0.1, -0.05) is 59.6 Å². The van der Waals surface area contributed by atoms with Crippen molar-refractivity contribution in [1.29, 1.82) is 0 Å². The summed E-state index contributed by atoms with van der Waals surface area (Å²) in [5.74, 6) is 5.75. The van der Waals surface area contributed by atoms with Gasteiger partial charge in [-0.25, -0.2) is 4.79 Å². The van der Waals surface area contributed by atoms with Gasteiger partial charge in [-0.3, -0.25) is 4.98 Å². The number of nitrogens with zero attached hydrogens (tertiary/aromatic N) is 1. The zero-order chi connectivity index (χ0) is 27.1. The van der Waals surface area contributed by atoms with Gasteiger partial charge in [0, 0.05) is 18.8 Å². The Kier molecular flexibility index (Phi) is 8.14. The number of fused-ring (bicyclic) bond motifs is 5. The first kappa shape index (κ1) is 27.9. The van der Waals surface area contributed by atoms with Crippen molar-refractivity contribution in [3.05, 3.63) is 41.7 Å². The lowest BCUT2D eigenvalue weighted by atomic mass is 9.47. The van der Waals surface area contributed by atoms with Gasteiger partial charge >= 0.3 is 5.97 Å². The predicted molar refractivity (Wildman–Crippen MR) is 156 cm³/mol. The largest absolute Gasteiger partial charge is 0.458 e. The lowest BCUT2D eigenvalue weighted by Crippen LogP contribution is -2.51. The van der Waals surface area contributed by atoms with E-state index in [-0.39, 0.29) is 17.5 Å². The fourth-order valence-corrected chi connectivity index (χ4v) is 10.2. The molecule has 1 aromatic heterocycles. The number of carbonyl (C=O) groups excluding carboxylic acids is 1. The van der Waals surface area contributed by atoms with E-state index in [0.29, 0.717) is 11.0 Å². The summed E-state index contributed by atoms with van der Waals surface area (Å²) >= 11 is 0. The molecule has 3 saturated carbocycles. The van der Waals surface area contributed by atoms with Crippen LogP contribution in [-0.4, -0.2) is 17.1 Å². The number of allylic oxidation sites excluding steroid dienone is 1. The van der Waals surface area contributed by atoms with Gasteiger partial charge in [-0.2, -0.15) is 0 Å². The van der Waals surface area contributed by atoms with E-state index in [4.69, 9.17) is 4.74 Å². The molecule has 1 heterocycles. The minimum atomic E-state index is -0.223. The van der Waals surface area contributed by atoms with Crippen molar-refractivity contribution in [3.8, 4) is 0 Å². The Hall–Kier alpha value is -1.64. The van der Waals surface area contributed by atoms with Crippen LogP contribution >= 0.6 is 0 Å². The van der Waals surface area contributed by atoms with Crippen LogP contribution in [0, 0.1) is 52.3 Å². The third kappa shape index (κ3) is 5.13. The summed E-state index contributed by atoms with van der Waals surface area (Å²) in [4.78, 5) is 16.8. The van der Waals surface area contributed by atoms with E-state index in [2.05, 4.69) is 52.6 Å². The number of esters is 1. The second kappa shape index (κ2) is 11.1. The van der Waals surface area contributed by atoms with Crippen LogP contribution in [0.4, 0.5) is 0 Å². The fraction of sp³-hybridized carbons (Fsp3) is 0.771. The molecule has 0 unspecified atom stereocenters. The highest BCUT2D eigenvalue weighted by Crippen LogP contribution is 2.67. The van der Waals surface area contributed by atoms with Crippen LogP contribution in [-0.2, 0) is 4.74 Å². The number of pyridine rings is 1. The lowest BCUT2D eigenvalue weighted by molar-refractivity contribution is -0.0602. The minimum Gasteiger partial charge on any atom is -0.458 e. The Morgan fingerprint density at radius 3 is 2.61 bits per heavy atom. The number of ether oxygens (including phenoxy) is 1. The van der Waals surface area contributed by atoms with E-state index in [1.807, 2.05) is 0 Å². The molecular weight excluding hydrogens is 466 g/mol. The molecule has 0 bridgehead atoms. The van der Waals surface area contributed by atoms with Crippen LogP contribution in [0.3, 0.4) is 0 Å². The quantitative estimate of drug-likeness (QED) is 0.254. The van der Waals surface area contributed by atoms with Gasteiger partial charge in [0.05, 0.1) is 5.56 Å². The zero-order valence-corrected chi connectivity index (χ0v) is 25.0. The van der Waals surface area contributed by atoms with E-state index in [0.717, 1.165) is 60.7 Å². The average molecular weight is 520 g/mol. The second-order valence-electron chi connectivity index (χ2n) is 14.6. The molecule has 210 valence electrons. The first-order chi connectivity index (χ1) is 18.2. The van der Waals surface area contributed by atoms with E-state index in [1.54, 1.807) is 30.1 Å². The van der Waals surface area contributed by atoms with Gasteiger partial charge in [0.2, 0.25) is 0 Å². The molecular formula is C35H53NO2. The summed E-state index contributed by atoms with van der Waals surface area (Å²) in [5.41, 5.74) is 2.95. The van der Waals surface area contributed by atoms with Crippen molar-refractivity contribution in [2.45, 2.75) is 118 Å². The molecule has 0 amide bonds. The third-order valence-electron chi connectivity index (χ3n) is 12.1. The molecule has 0 spiro atoms. The normalized spacial score (nSPS) is 38.0. The summed E-state index contributed by atoms with van der Waals surface area (Å²) in [7, 11) is 0. The van der Waals surface area contributed by atoms with Crippen LogP contribution in [0.2, 0.25) is 0 Å². The summed E-state index contributed by atoms with van der Waals surface area (Å²) in [6.07, 6.45) is 20.1. The standard InChI is InChI=1S/C35H53NO2/c1-7-25(19-23(2)3)20-24(4)30-12-13-31-29-11-10-27-21-28(38-33(37)26-9-8-18-36-22-26)14-16-34(27,5)32(29)15-17-35(30,31)6/h8-10,18,22-25,28-32H,7,11-17,19-21H2,1-6H3/t24-,25-,28-,29+,30-,31+,32+,34-,35+/m0/s1. The Morgan fingerprint density at radius 1 is 1.08 bits per heavy atom. The molecule has 38 heavy (non-hydrogen) atoms. The van der Waals surface area contributed by atoms with Crippen molar-refractivity contribution in [1.82, 2.24) is 4.98 Å². The summed E-state index contributed by atoms with van der Waals surface area (Å²) in [6, 6.07) is 3.60. The van der Waals surface area contributed by atoms with Gasteiger partial charge in [0.1, 0.15) is 6.10 Å². The Balaban J connectivity index is 1.26. The van der Waals surface area contributed by atoms with Crippen molar-refractivity contribution in [2.24, 2.45) is 52.3 Å². The maximum atomic E-state index is 12.7. The molecule has 0 saturated heterocycles. The summed E-state index contributed by atoms with van der Waals surface area (Å²) in [5, 5.41) is 0. The first-order valence-electron chi connectivity index (χ1n) is 16.0. The molecule has 4 aliphatic carbocycles. The first-order valence-corrected chi connectivity index (χ1v) is 16.0. The average Bonchev–Trinajstić information content (AvgIpc) is 3.26. The highest BCUT2D eigenvalue weighted by atomic mass is 16.5. The number of hydrogen-bond donors (Lipinski definition) is 0. The monoisotopic (exact) mass is 519 g/mol. The lowest BCUT2D eigenvalue weighted by Gasteiger charge is -2.58. The van der Waals surface area contributed by atoms with Gasteiger partial charge in [0.15, 0.2) is 0 Å². The smallest absolute Gasteiger partial charge is 0.339 e. The molecule has 5 rings (SSSR count). The maximum absolute atomic E-state index is 12.7. The molecule has 1 aromatic rings. The SMILES string of the molecule is CC[C@@H](CC(C)C)C[C@H](C)[C@@H]1CC[C@@H]2[C@H]3CC=C4C[C@@H](OC(=O)c5cccnc5)CC[C@]4(C)[C@@H]3CC[C@@]21C. The maximum Gasteiger partial charge on any atom is 0.339 e. The fourth-order valence-electron chi connectivity index (χ4n) is 10.2. The van der Waals surface area contributed by atoms with Crippen LogP contribution in [0.15, 0.2) is 36.2 Å². The van der Waals surface area contributed by atoms with Crippen molar-refractivity contribution in [3.63, 3.8) is 0 Å². The van der Waals surface area contributed by atoms with Crippen LogP contribution in [0.5, 0.6) is 0 Å². The molecule has 3 heteroatoms. The number of carbonyl (C=O) groups is 1. The van der Waals surface area contributed by atoms with E-state index < -0.39 is 0 Å². The number of aromatic nitrogens is 1. The van der Waals surface area contributed by atoms with Gasteiger partial charge in [0.25, 0.3) is 0 Å².